The van der Waals surface area contributed by atoms with E-state index in [1.54, 1.807) is 4.90 Å². The lowest BCUT2D eigenvalue weighted by atomic mass is 9.64. The first-order valence-electron chi connectivity index (χ1n) is 6.98. The Morgan fingerprint density at radius 2 is 2.10 bits per heavy atom. The van der Waals surface area contributed by atoms with E-state index < -0.39 is 0 Å². The van der Waals surface area contributed by atoms with Crippen LogP contribution in [0, 0.1) is 11.3 Å². The summed E-state index contributed by atoms with van der Waals surface area (Å²) in [6.07, 6.45) is 0.892. The van der Waals surface area contributed by atoms with Crippen LogP contribution in [0.1, 0.15) is 31.9 Å². The number of benzene rings is 1. The van der Waals surface area contributed by atoms with E-state index in [0.717, 1.165) is 17.7 Å². The lowest BCUT2D eigenvalue weighted by Crippen LogP contribution is -2.54. The van der Waals surface area contributed by atoms with Crippen molar-refractivity contribution in [1.29, 1.82) is 0 Å². The van der Waals surface area contributed by atoms with Gasteiger partial charge >= 0.3 is 0 Å². The molecule has 3 nitrogen and oxygen atoms in total. The van der Waals surface area contributed by atoms with Crippen molar-refractivity contribution in [1.82, 2.24) is 4.90 Å². The minimum Gasteiger partial charge on any atom is -0.287 e. The molecule has 1 aromatic carbocycles. The number of fused-ring (bicyclic) bond motifs is 3. The topological polar surface area (TPSA) is 32.7 Å². The fourth-order valence-electron chi connectivity index (χ4n) is 3.32. The van der Waals surface area contributed by atoms with Crippen molar-refractivity contribution >= 4 is 28.9 Å². The van der Waals surface area contributed by atoms with Crippen LogP contribution in [0.5, 0.6) is 0 Å². The zero-order chi connectivity index (χ0) is 14.5. The van der Waals surface area contributed by atoms with Gasteiger partial charge in [-0.25, -0.2) is 4.99 Å². The first-order valence-corrected chi connectivity index (χ1v) is 7.38. The van der Waals surface area contributed by atoms with Crippen LogP contribution in [0.4, 0.5) is 0 Å². The van der Waals surface area contributed by atoms with Gasteiger partial charge in [-0.15, -0.1) is 0 Å². The quantitative estimate of drug-likeness (QED) is 0.744. The van der Waals surface area contributed by atoms with Crippen LogP contribution in [0.15, 0.2) is 29.3 Å². The number of rotatable bonds is 1. The summed E-state index contributed by atoms with van der Waals surface area (Å²) in [6.45, 7) is 6.81. The molecule has 0 N–H and O–H groups in total. The van der Waals surface area contributed by atoms with Crippen LogP contribution in [0.3, 0.4) is 0 Å². The summed E-state index contributed by atoms with van der Waals surface area (Å²) >= 11 is 5.29. The Hall–Kier alpha value is -1.55. The molecule has 0 spiro atoms. The van der Waals surface area contributed by atoms with Crippen LogP contribution in [-0.2, 0) is 11.2 Å². The minimum atomic E-state index is -0.191. The lowest BCUT2D eigenvalue weighted by molar-refractivity contribution is -0.132. The predicted molar refractivity (Wildman–Crippen MR) is 83.9 cm³/mol. The van der Waals surface area contributed by atoms with Gasteiger partial charge in [0.1, 0.15) is 0 Å². The highest BCUT2D eigenvalue weighted by atomic mass is 32.1. The zero-order valence-electron chi connectivity index (χ0n) is 12.0. The highest BCUT2D eigenvalue weighted by Gasteiger charge is 2.48. The number of carbonyl (C=O) groups is 1. The summed E-state index contributed by atoms with van der Waals surface area (Å²) < 4.78 is 0. The monoisotopic (exact) mass is 286 g/mol. The molecule has 1 amide bonds. The second kappa shape index (κ2) is 4.48. The van der Waals surface area contributed by atoms with Gasteiger partial charge in [0.2, 0.25) is 11.0 Å². The summed E-state index contributed by atoms with van der Waals surface area (Å²) in [4.78, 5) is 19.0. The number of hydrogen-bond donors (Lipinski definition) is 0. The van der Waals surface area contributed by atoms with Gasteiger partial charge in [-0.2, -0.15) is 0 Å². The summed E-state index contributed by atoms with van der Waals surface area (Å²) in [5, 5.41) is 0.399. The highest BCUT2D eigenvalue weighted by Crippen LogP contribution is 2.42. The average molecular weight is 286 g/mol. The average Bonchev–Trinajstić information content (AvgIpc) is 2.37. The van der Waals surface area contributed by atoms with Crippen LogP contribution in [0.25, 0.3) is 0 Å². The van der Waals surface area contributed by atoms with Crippen LogP contribution < -0.4 is 0 Å². The van der Waals surface area contributed by atoms with Crippen LogP contribution in [-0.4, -0.2) is 28.2 Å². The van der Waals surface area contributed by atoms with E-state index in [2.05, 4.69) is 24.9 Å². The molecule has 3 rings (SSSR count). The summed E-state index contributed by atoms with van der Waals surface area (Å²) in [5.74, 6) is -0.0916. The number of thiocarbonyl (C=S) groups is 1. The Bertz CT molecular complexity index is 633. The van der Waals surface area contributed by atoms with Crippen molar-refractivity contribution in [2.45, 2.75) is 27.2 Å². The SMILES string of the molecule is CCN1C(=O)C2C(=NC1=S)c1ccccc1CC2(C)C. The Labute approximate surface area is 124 Å². The molecule has 1 aliphatic heterocycles. The largest absolute Gasteiger partial charge is 0.287 e. The molecule has 1 heterocycles. The molecule has 0 bridgehead atoms. The maximum absolute atomic E-state index is 12.8. The molecule has 0 fully saturated rings. The number of hydrogen-bond acceptors (Lipinski definition) is 2. The molecule has 104 valence electrons. The molecule has 4 heteroatoms. The third-order valence-electron chi connectivity index (χ3n) is 4.27. The summed E-state index contributed by atoms with van der Waals surface area (Å²) in [7, 11) is 0. The minimum absolute atomic E-state index is 0.0991. The second-order valence-corrected chi connectivity index (χ2v) is 6.48. The number of carbonyl (C=O) groups excluding carboxylic acids is 1. The molecule has 1 unspecified atom stereocenters. The molecule has 1 aromatic rings. The predicted octanol–water partition coefficient (Wildman–Crippen LogP) is 2.82. The molecule has 0 aromatic heterocycles. The van der Waals surface area contributed by atoms with Gasteiger partial charge in [-0.05, 0) is 36.5 Å². The molecule has 1 atom stereocenters. The molecular weight excluding hydrogens is 268 g/mol. The van der Waals surface area contributed by atoms with Gasteiger partial charge in [-0.3, -0.25) is 9.69 Å². The Balaban J connectivity index is 2.22. The van der Waals surface area contributed by atoms with E-state index in [9.17, 15) is 4.79 Å². The number of aliphatic imine (C=N–C) groups is 1. The number of amides is 1. The summed E-state index contributed by atoms with van der Waals surface area (Å²) in [6, 6.07) is 8.21. The number of nitrogens with zero attached hydrogens (tertiary/aromatic N) is 2. The normalized spacial score (nSPS) is 24.1. The van der Waals surface area contributed by atoms with Crippen molar-refractivity contribution < 1.29 is 4.79 Å². The Kier molecular flexibility index (Phi) is 3.01. The third kappa shape index (κ3) is 1.82. The van der Waals surface area contributed by atoms with E-state index in [0.29, 0.717) is 11.7 Å². The molecule has 20 heavy (non-hydrogen) atoms. The van der Waals surface area contributed by atoms with Crippen LogP contribution >= 0.6 is 12.2 Å². The Morgan fingerprint density at radius 3 is 2.80 bits per heavy atom. The van der Waals surface area contributed by atoms with Gasteiger partial charge in [0.25, 0.3) is 0 Å². The van der Waals surface area contributed by atoms with Gasteiger partial charge in [-0.1, -0.05) is 38.1 Å². The van der Waals surface area contributed by atoms with Gasteiger partial charge in [0.15, 0.2) is 0 Å². The van der Waals surface area contributed by atoms with Gasteiger partial charge in [0.05, 0.1) is 11.6 Å². The second-order valence-electron chi connectivity index (χ2n) is 6.12. The first-order chi connectivity index (χ1) is 9.45. The fraction of sp³-hybridized carbons (Fsp3) is 0.438. The molecule has 2 aliphatic rings. The van der Waals surface area contributed by atoms with E-state index in [1.807, 2.05) is 25.1 Å². The van der Waals surface area contributed by atoms with Crippen molar-refractivity contribution in [3.05, 3.63) is 35.4 Å². The van der Waals surface area contributed by atoms with Crippen molar-refractivity contribution in [3.8, 4) is 0 Å². The highest BCUT2D eigenvalue weighted by molar-refractivity contribution is 7.80. The molecule has 1 aliphatic carbocycles. The van der Waals surface area contributed by atoms with E-state index in [1.165, 1.54) is 5.56 Å². The van der Waals surface area contributed by atoms with E-state index >= 15 is 0 Å². The summed E-state index contributed by atoms with van der Waals surface area (Å²) in [5.41, 5.74) is 3.07. The van der Waals surface area contributed by atoms with Crippen molar-refractivity contribution in [2.24, 2.45) is 16.3 Å². The molecule has 0 saturated heterocycles. The van der Waals surface area contributed by atoms with Gasteiger partial charge < -0.3 is 0 Å². The standard InChI is InChI=1S/C16H18N2OS/c1-4-18-14(19)12-13(17-15(18)20)11-8-6-5-7-10(11)9-16(12,2)3/h5-8,12H,4,9H2,1-3H3. The van der Waals surface area contributed by atoms with Crippen molar-refractivity contribution in [3.63, 3.8) is 0 Å². The molecule has 0 radical (unpaired) electrons. The smallest absolute Gasteiger partial charge is 0.238 e. The first kappa shape index (κ1) is 13.4. The van der Waals surface area contributed by atoms with E-state index in [4.69, 9.17) is 12.2 Å². The fourth-order valence-corrected chi connectivity index (χ4v) is 3.64. The van der Waals surface area contributed by atoms with Crippen LogP contribution in [0.2, 0.25) is 0 Å². The third-order valence-corrected chi connectivity index (χ3v) is 4.58. The lowest BCUT2D eigenvalue weighted by Gasteiger charge is -2.43. The molecule has 0 saturated carbocycles. The maximum Gasteiger partial charge on any atom is 0.238 e. The maximum atomic E-state index is 12.8. The van der Waals surface area contributed by atoms with Crippen molar-refractivity contribution in [2.75, 3.05) is 6.54 Å². The Morgan fingerprint density at radius 1 is 1.40 bits per heavy atom. The molecular formula is C16H18N2OS. The van der Waals surface area contributed by atoms with E-state index in [-0.39, 0.29) is 17.2 Å². The zero-order valence-corrected chi connectivity index (χ0v) is 12.8. The van der Waals surface area contributed by atoms with Gasteiger partial charge in [0, 0.05) is 12.1 Å².